The fraction of sp³-hybridized carbons (Fsp3) is 0.394. The standard InChI is InChI=1S/C33H37ClF4NO7P/c1-4-6-12-45-47(42,46-13-7-5-2)15-14-43-27-9-10-29(22(3)16-27)39-31(40)21-44-30-11-8-25(34)20-28(30)32(41)23-17-24(33(36,37)38)19-26(35)18-23/h8-11,16-20H,4-7,12-15,21H2,1-3H3,(H,39,40). The normalized spacial score (nSPS) is 11.7. The van der Waals surface area contributed by atoms with E-state index in [0.29, 0.717) is 42.3 Å². The molecule has 14 heteroatoms. The summed E-state index contributed by atoms with van der Waals surface area (Å²) in [5, 5.41) is 2.75. The maximum absolute atomic E-state index is 14.0. The van der Waals surface area contributed by atoms with E-state index in [1.807, 2.05) is 13.8 Å². The van der Waals surface area contributed by atoms with Crippen molar-refractivity contribution >= 4 is 36.6 Å². The molecule has 0 aliphatic heterocycles. The minimum absolute atomic E-state index is 0.0754. The van der Waals surface area contributed by atoms with Gasteiger partial charge in [-0.3, -0.25) is 14.2 Å². The lowest BCUT2D eigenvalue weighted by Crippen LogP contribution is -2.21. The molecule has 0 heterocycles. The SMILES string of the molecule is CCCCOP(=O)(CCOc1ccc(NC(=O)COc2ccc(Cl)cc2C(=O)c2cc(F)cc(C(F)(F)F)c2)c(C)c1)OCCCC. The average molecular weight is 702 g/mol. The van der Waals surface area contributed by atoms with Crippen LogP contribution >= 0.6 is 19.2 Å². The number of hydrogen-bond donors (Lipinski definition) is 1. The molecule has 3 aromatic carbocycles. The van der Waals surface area contributed by atoms with E-state index < -0.39 is 49.0 Å². The van der Waals surface area contributed by atoms with Crippen LogP contribution in [0.1, 0.15) is 66.6 Å². The first-order valence-corrected chi connectivity index (χ1v) is 17.1. The van der Waals surface area contributed by atoms with E-state index in [2.05, 4.69) is 5.32 Å². The molecule has 0 unspecified atom stereocenters. The maximum atomic E-state index is 14.0. The van der Waals surface area contributed by atoms with Gasteiger partial charge in [-0.15, -0.1) is 0 Å². The molecule has 0 spiro atoms. The Morgan fingerprint density at radius 1 is 0.894 bits per heavy atom. The van der Waals surface area contributed by atoms with Gasteiger partial charge in [-0.1, -0.05) is 38.3 Å². The fourth-order valence-electron chi connectivity index (χ4n) is 4.18. The number of amides is 1. The van der Waals surface area contributed by atoms with E-state index in [-0.39, 0.29) is 35.2 Å². The Balaban J connectivity index is 1.62. The number of rotatable bonds is 18. The van der Waals surface area contributed by atoms with Gasteiger partial charge in [0.2, 0.25) is 0 Å². The molecule has 256 valence electrons. The van der Waals surface area contributed by atoms with Gasteiger partial charge < -0.3 is 23.8 Å². The van der Waals surface area contributed by atoms with E-state index in [9.17, 15) is 31.7 Å². The Morgan fingerprint density at radius 3 is 2.19 bits per heavy atom. The van der Waals surface area contributed by atoms with Crippen molar-refractivity contribution in [3.63, 3.8) is 0 Å². The summed E-state index contributed by atoms with van der Waals surface area (Å²) in [6, 6.07) is 10.2. The maximum Gasteiger partial charge on any atom is 0.416 e. The third-order valence-corrected chi connectivity index (χ3v) is 8.83. The van der Waals surface area contributed by atoms with Crippen LogP contribution < -0.4 is 14.8 Å². The summed E-state index contributed by atoms with van der Waals surface area (Å²) in [5.41, 5.74) is -1.06. The molecule has 3 aromatic rings. The quantitative estimate of drug-likeness (QED) is 0.0611. The number of carbonyl (C=O) groups is 2. The van der Waals surface area contributed by atoms with Crippen molar-refractivity contribution < 1.29 is 50.2 Å². The van der Waals surface area contributed by atoms with Gasteiger partial charge >= 0.3 is 13.8 Å². The Hall–Kier alpha value is -3.44. The second kappa shape index (κ2) is 17.6. The number of alkyl halides is 3. The van der Waals surface area contributed by atoms with Gasteiger partial charge in [0.15, 0.2) is 12.4 Å². The highest BCUT2D eigenvalue weighted by Gasteiger charge is 2.32. The van der Waals surface area contributed by atoms with Gasteiger partial charge in [0, 0.05) is 16.3 Å². The molecule has 1 amide bonds. The smallest absolute Gasteiger partial charge is 0.416 e. The summed E-state index contributed by atoms with van der Waals surface area (Å²) in [5.74, 6) is -2.49. The molecule has 0 aromatic heterocycles. The van der Waals surface area contributed by atoms with Crippen LogP contribution in [-0.2, 0) is 24.6 Å². The molecule has 3 rings (SSSR count). The Labute approximate surface area is 276 Å². The molecular formula is C33H37ClF4NO7P. The van der Waals surface area contributed by atoms with Crippen molar-refractivity contribution in [2.24, 2.45) is 0 Å². The number of aryl methyl sites for hydroxylation is 1. The zero-order valence-electron chi connectivity index (χ0n) is 26.3. The van der Waals surface area contributed by atoms with Crippen molar-refractivity contribution in [3.05, 3.63) is 87.7 Å². The summed E-state index contributed by atoms with van der Waals surface area (Å²) in [7, 11) is -3.32. The number of nitrogens with one attached hydrogen (secondary N) is 1. The predicted molar refractivity (Wildman–Crippen MR) is 171 cm³/mol. The highest BCUT2D eigenvalue weighted by atomic mass is 35.5. The number of halogens is 5. The topological polar surface area (TPSA) is 100 Å². The van der Waals surface area contributed by atoms with Gasteiger partial charge in [-0.2, -0.15) is 13.2 Å². The molecule has 0 bridgehead atoms. The van der Waals surface area contributed by atoms with Crippen molar-refractivity contribution in [1.82, 2.24) is 0 Å². The van der Waals surface area contributed by atoms with Gasteiger partial charge in [-0.05, 0) is 79.9 Å². The van der Waals surface area contributed by atoms with Crippen molar-refractivity contribution in [2.45, 2.75) is 52.6 Å². The molecule has 0 saturated carbocycles. The van der Waals surface area contributed by atoms with Crippen LogP contribution in [0.3, 0.4) is 0 Å². The zero-order chi connectivity index (χ0) is 34.6. The third kappa shape index (κ3) is 11.9. The second-order valence-corrected chi connectivity index (χ2v) is 13.2. The number of anilines is 1. The van der Waals surface area contributed by atoms with Crippen molar-refractivity contribution in [1.29, 1.82) is 0 Å². The van der Waals surface area contributed by atoms with Crippen LogP contribution in [0.25, 0.3) is 0 Å². The van der Waals surface area contributed by atoms with E-state index >= 15 is 0 Å². The van der Waals surface area contributed by atoms with Crippen molar-refractivity contribution in [2.75, 3.05) is 37.9 Å². The lowest BCUT2D eigenvalue weighted by molar-refractivity contribution is -0.137. The summed E-state index contributed by atoms with van der Waals surface area (Å²) < 4.78 is 89.1. The van der Waals surface area contributed by atoms with E-state index in [4.69, 9.17) is 30.1 Å². The van der Waals surface area contributed by atoms with Crippen molar-refractivity contribution in [3.8, 4) is 11.5 Å². The summed E-state index contributed by atoms with van der Waals surface area (Å²) >= 11 is 6.01. The van der Waals surface area contributed by atoms with E-state index in [1.165, 1.54) is 12.1 Å². The first-order valence-electron chi connectivity index (χ1n) is 15.0. The number of carbonyl (C=O) groups excluding carboxylic acids is 2. The van der Waals surface area contributed by atoms with Crippen LogP contribution in [-0.4, -0.2) is 44.3 Å². The minimum Gasteiger partial charge on any atom is -0.493 e. The van der Waals surface area contributed by atoms with Crippen LogP contribution in [0.2, 0.25) is 5.02 Å². The number of unbranched alkanes of at least 4 members (excludes halogenated alkanes) is 2. The zero-order valence-corrected chi connectivity index (χ0v) is 27.9. The van der Waals surface area contributed by atoms with Crippen LogP contribution in [0, 0.1) is 12.7 Å². The highest BCUT2D eigenvalue weighted by molar-refractivity contribution is 7.53. The molecular weight excluding hydrogens is 665 g/mol. The van der Waals surface area contributed by atoms with Gasteiger partial charge in [-0.25, -0.2) is 4.39 Å². The van der Waals surface area contributed by atoms with Crippen LogP contribution in [0.4, 0.5) is 23.2 Å². The predicted octanol–water partition coefficient (Wildman–Crippen LogP) is 9.26. The molecule has 0 atom stereocenters. The molecule has 0 fully saturated rings. The number of benzene rings is 3. The van der Waals surface area contributed by atoms with E-state index in [0.717, 1.165) is 31.7 Å². The molecule has 0 aliphatic rings. The monoisotopic (exact) mass is 701 g/mol. The molecule has 47 heavy (non-hydrogen) atoms. The Bertz CT molecular complexity index is 1570. The minimum atomic E-state index is -4.87. The van der Waals surface area contributed by atoms with Gasteiger partial charge in [0.1, 0.15) is 17.3 Å². The average Bonchev–Trinajstić information content (AvgIpc) is 3.01. The highest BCUT2D eigenvalue weighted by Crippen LogP contribution is 2.48. The van der Waals surface area contributed by atoms with E-state index in [1.54, 1.807) is 25.1 Å². The number of hydrogen-bond acceptors (Lipinski definition) is 7. The second-order valence-electron chi connectivity index (χ2n) is 10.6. The Kier molecular flexibility index (Phi) is 14.3. The largest absolute Gasteiger partial charge is 0.493 e. The molecule has 0 saturated heterocycles. The fourth-order valence-corrected chi connectivity index (χ4v) is 5.81. The van der Waals surface area contributed by atoms with Gasteiger partial charge in [0.25, 0.3) is 5.91 Å². The van der Waals surface area contributed by atoms with Crippen LogP contribution in [0.15, 0.2) is 54.6 Å². The lowest BCUT2D eigenvalue weighted by atomic mass is 10.00. The van der Waals surface area contributed by atoms with Crippen LogP contribution in [0.5, 0.6) is 11.5 Å². The summed E-state index contributed by atoms with van der Waals surface area (Å²) in [6.45, 7) is 5.94. The summed E-state index contributed by atoms with van der Waals surface area (Å²) in [6.07, 6.45) is -1.48. The third-order valence-electron chi connectivity index (χ3n) is 6.71. The first-order chi connectivity index (χ1) is 22.2. The molecule has 0 radical (unpaired) electrons. The summed E-state index contributed by atoms with van der Waals surface area (Å²) in [4.78, 5) is 25.8. The Morgan fingerprint density at radius 2 is 1.57 bits per heavy atom. The van der Waals surface area contributed by atoms with Gasteiger partial charge in [0.05, 0.1) is 37.1 Å². The lowest BCUT2D eigenvalue weighted by Gasteiger charge is -2.19. The first kappa shape index (κ1) is 38.0. The molecule has 1 N–H and O–H groups in total. The molecule has 0 aliphatic carbocycles. The molecule has 8 nitrogen and oxygen atoms in total. The number of ketones is 1. The number of ether oxygens (including phenoxy) is 2.